The van der Waals surface area contributed by atoms with Crippen LogP contribution in [0.5, 0.6) is 0 Å². The lowest BCUT2D eigenvalue weighted by Gasteiger charge is -2.16. The fraction of sp³-hybridized carbons (Fsp3) is 0.467. The van der Waals surface area contributed by atoms with E-state index >= 15 is 0 Å². The summed E-state index contributed by atoms with van der Waals surface area (Å²) < 4.78 is 13.6. The molecule has 4 nitrogen and oxygen atoms in total. The molecule has 1 atom stereocenters. The molecule has 0 spiro atoms. The summed E-state index contributed by atoms with van der Waals surface area (Å²) in [5.41, 5.74) is 5.95. The third-order valence-corrected chi connectivity index (χ3v) is 2.98. The minimum Gasteiger partial charge on any atom is -0.330 e. The molecule has 5 heteroatoms. The van der Waals surface area contributed by atoms with Gasteiger partial charge in [-0.3, -0.25) is 4.79 Å². The number of rotatable bonds is 6. The number of amides is 1. The van der Waals surface area contributed by atoms with E-state index in [9.17, 15) is 9.18 Å². The maximum absolute atomic E-state index is 13.6. The molecule has 1 unspecified atom stereocenters. The Labute approximate surface area is 118 Å². The van der Waals surface area contributed by atoms with E-state index in [0.717, 1.165) is 12.5 Å². The van der Waals surface area contributed by atoms with E-state index < -0.39 is 5.82 Å². The van der Waals surface area contributed by atoms with Crippen LogP contribution >= 0.6 is 0 Å². The predicted molar refractivity (Wildman–Crippen MR) is 76.4 cm³/mol. The van der Waals surface area contributed by atoms with Crippen LogP contribution in [-0.4, -0.2) is 12.5 Å². The molecule has 1 rings (SSSR count). The van der Waals surface area contributed by atoms with Crippen molar-refractivity contribution in [1.82, 2.24) is 0 Å². The Morgan fingerprint density at radius 1 is 1.50 bits per heavy atom. The summed E-state index contributed by atoms with van der Waals surface area (Å²) in [6.45, 7) is 4.57. The molecule has 0 saturated heterocycles. The second-order valence-electron chi connectivity index (χ2n) is 5.29. The molecule has 3 N–H and O–H groups in total. The van der Waals surface area contributed by atoms with E-state index in [-0.39, 0.29) is 29.5 Å². The highest BCUT2D eigenvalue weighted by molar-refractivity contribution is 5.91. The zero-order chi connectivity index (χ0) is 15.1. The summed E-state index contributed by atoms with van der Waals surface area (Å²) in [6.07, 6.45) is 1.13. The maximum Gasteiger partial charge on any atom is 0.224 e. The fourth-order valence-electron chi connectivity index (χ4n) is 2.08. The molecule has 0 aliphatic heterocycles. The van der Waals surface area contributed by atoms with Crippen LogP contribution in [0.2, 0.25) is 0 Å². The Morgan fingerprint density at radius 2 is 2.20 bits per heavy atom. The quantitative estimate of drug-likeness (QED) is 0.839. The molecule has 0 aromatic heterocycles. The highest BCUT2D eigenvalue weighted by atomic mass is 19.1. The van der Waals surface area contributed by atoms with Crippen LogP contribution in [0.4, 0.5) is 10.1 Å². The van der Waals surface area contributed by atoms with Crippen molar-refractivity contribution in [2.45, 2.75) is 26.7 Å². The number of carbonyl (C=O) groups excluding carboxylic acids is 1. The zero-order valence-electron chi connectivity index (χ0n) is 11.8. The number of nitrogens with one attached hydrogen (secondary N) is 1. The van der Waals surface area contributed by atoms with E-state index in [1.165, 1.54) is 12.1 Å². The van der Waals surface area contributed by atoms with Gasteiger partial charge in [-0.25, -0.2) is 4.39 Å². The molecule has 0 aliphatic rings. The summed E-state index contributed by atoms with van der Waals surface area (Å²) in [7, 11) is 0. The van der Waals surface area contributed by atoms with Crippen LogP contribution in [0, 0.1) is 29.0 Å². The highest BCUT2D eigenvalue weighted by Crippen LogP contribution is 2.18. The smallest absolute Gasteiger partial charge is 0.224 e. The van der Waals surface area contributed by atoms with Gasteiger partial charge in [0, 0.05) is 6.42 Å². The minimum absolute atomic E-state index is 0.0920. The Morgan fingerprint density at radius 3 is 2.70 bits per heavy atom. The largest absolute Gasteiger partial charge is 0.330 e. The van der Waals surface area contributed by atoms with Crippen LogP contribution < -0.4 is 11.1 Å². The van der Waals surface area contributed by atoms with Gasteiger partial charge in [0.05, 0.1) is 17.3 Å². The molecule has 0 saturated carbocycles. The Kier molecular flexibility index (Phi) is 6.13. The summed E-state index contributed by atoms with van der Waals surface area (Å²) in [4.78, 5) is 11.9. The first-order valence-corrected chi connectivity index (χ1v) is 6.65. The SMILES string of the molecule is CC(C)CC(CN)CC(=O)Nc1ccc(C#N)cc1F. The molecule has 1 aromatic rings. The van der Waals surface area contributed by atoms with Gasteiger partial charge < -0.3 is 11.1 Å². The fourth-order valence-corrected chi connectivity index (χ4v) is 2.08. The summed E-state index contributed by atoms with van der Waals surface area (Å²) in [5.74, 6) is -0.310. The minimum atomic E-state index is -0.606. The van der Waals surface area contributed by atoms with E-state index in [0.29, 0.717) is 12.5 Å². The molecule has 20 heavy (non-hydrogen) atoms. The zero-order valence-corrected chi connectivity index (χ0v) is 11.8. The molecule has 1 aromatic carbocycles. The first-order valence-electron chi connectivity index (χ1n) is 6.65. The number of nitriles is 1. The number of hydrogen-bond acceptors (Lipinski definition) is 3. The van der Waals surface area contributed by atoms with Crippen molar-refractivity contribution in [2.24, 2.45) is 17.6 Å². The number of halogens is 1. The average molecular weight is 277 g/mol. The normalized spacial score (nSPS) is 12.0. The van der Waals surface area contributed by atoms with Crippen molar-refractivity contribution in [3.63, 3.8) is 0 Å². The number of hydrogen-bond donors (Lipinski definition) is 2. The van der Waals surface area contributed by atoms with Crippen LogP contribution in [0.3, 0.4) is 0 Å². The Balaban J connectivity index is 2.64. The van der Waals surface area contributed by atoms with Crippen molar-refractivity contribution in [1.29, 1.82) is 5.26 Å². The molecule has 0 radical (unpaired) electrons. The van der Waals surface area contributed by atoms with Gasteiger partial charge in [-0.2, -0.15) is 5.26 Å². The number of benzene rings is 1. The Hall–Kier alpha value is -1.93. The molecule has 0 aliphatic carbocycles. The van der Waals surface area contributed by atoms with E-state index in [2.05, 4.69) is 19.2 Å². The molecular formula is C15H20FN3O. The number of anilines is 1. The van der Waals surface area contributed by atoms with Gasteiger partial charge in [0.25, 0.3) is 0 Å². The van der Waals surface area contributed by atoms with Crippen LogP contribution in [0.1, 0.15) is 32.3 Å². The van der Waals surface area contributed by atoms with E-state index in [4.69, 9.17) is 11.0 Å². The molecular weight excluding hydrogens is 257 g/mol. The van der Waals surface area contributed by atoms with E-state index in [1.54, 1.807) is 0 Å². The first kappa shape index (κ1) is 16.1. The number of carbonyl (C=O) groups is 1. The summed E-state index contributed by atoms with van der Waals surface area (Å²) in [5, 5.41) is 11.2. The average Bonchev–Trinajstić information content (AvgIpc) is 2.39. The topological polar surface area (TPSA) is 78.9 Å². The predicted octanol–water partition coefficient (Wildman–Crippen LogP) is 2.65. The molecule has 1 amide bonds. The van der Waals surface area contributed by atoms with E-state index in [1.807, 2.05) is 6.07 Å². The lowest BCUT2D eigenvalue weighted by molar-refractivity contribution is -0.117. The van der Waals surface area contributed by atoms with Gasteiger partial charge >= 0.3 is 0 Å². The second-order valence-corrected chi connectivity index (χ2v) is 5.29. The molecule has 0 bridgehead atoms. The van der Waals surface area contributed by atoms with Gasteiger partial charge in [0.15, 0.2) is 0 Å². The lowest BCUT2D eigenvalue weighted by Crippen LogP contribution is -2.23. The van der Waals surface area contributed by atoms with Gasteiger partial charge in [-0.15, -0.1) is 0 Å². The van der Waals surface area contributed by atoms with Crippen LogP contribution in [0.15, 0.2) is 18.2 Å². The van der Waals surface area contributed by atoms with Crippen molar-refractivity contribution < 1.29 is 9.18 Å². The highest BCUT2D eigenvalue weighted by Gasteiger charge is 2.15. The van der Waals surface area contributed by atoms with Crippen LogP contribution in [-0.2, 0) is 4.79 Å². The van der Waals surface area contributed by atoms with Gasteiger partial charge in [0.1, 0.15) is 5.82 Å². The number of nitrogens with zero attached hydrogens (tertiary/aromatic N) is 1. The molecule has 108 valence electrons. The van der Waals surface area contributed by atoms with Gasteiger partial charge in [-0.1, -0.05) is 13.8 Å². The molecule has 0 fully saturated rings. The summed E-state index contributed by atoms with van der Waals surface area (Å²) >= 11 is 0. The lowest BCUT2D eigenvalue weighted by atomic mass is 9.94. The third kappa shape index (κ3) is 4.98. The first-order chi connectivity index (χ1) is 9.46. The summed E-state index contributed by atoms with van der Waals surface area (Å²) in [6, 6.07) is 5.80. The van der Waals surface area contributed by atoms with Crippen LogP contribution in [0.25, 0.3) is 0 Å². The van der Waals surface area contributed by atoms with Crippen molar-refractivity contribution >= 4 is 11.6 Å². The second kappa shape index (κ2) is 7.61. The van der Waals surface area contributed by atoms with Gasteiger partial charge in [-0.05, 0) is 43.0 Å². The standard InChI is InChI=1S/C15H20FN3O/c1-10(2)5-12(9-18)7-15(20)19-14-4-3-11(8-17)6-13(14)16/h3-4,6,10,12H,5,7,9,18H2,1-2H3,(H,19,20). The molecule has 0 heterocycles. The maximum atomic E-state index is 13.6. The monoisotopic (exact) mass is 277 g/mol. The number of nitrogens with two attached hydrogens (primary N) is 1. The van der Waals surface area contributed by atoms with Crippen molar-refractivity contribution in [3.8, 4) is 6.07 Å². The van der Waals surface area contributed by atoms with Crippen molar-refractivity contribution in [3.05, 3.63) is 29.6 Å². The van der Waals surface area contributed by atoms with Crippen molar-refractivity contribution in [2.75, 3.05) is 11.9 Å². The van der Waals surface area contributed by atoms with Gasteiger partial charge in [0.2, 0.25) is 5.91 Å². The Bertz CT molecular complexity index is 508. The third-order valence-electron chi connectivity index (χ3n) is 2.98.